The second-order valence-corrected chi connectivity index (χ2v) is 3.64. The van der Waals surface area contributed by atoms with Crippen LogP contribution in [0.5, 0.6) is 0 Å². The van der Waals surface area contributed by atoms with E-state index >= 15 is 0 Å². The van der Waals surface area contributed by atoms with Crippen LogP contribution in [0.25, 0.3) is 0 Å². The number of ether oxygens (including phenoxy) is 2. The van der Waals surface area contributed by atoms with Crippen molar-refractivity contribution in [3.8, 4) is 0 Å². The molecule has 0 amide bonds. The average molecular weight is 240 g/mol. The first-order chi connectivity index (χ1) is 8.33. The van der Waals surface area contributed by atoms with Gasteiger partial charge in [0.1, 0.15) is 0 Å². The van der Waals surface area contributed by atoms with Crippen LogP contribution in [0.15, 0.2) is 18.5 Å². The average Bonchev–Trinajstić information content (AvgIpc) is 2.39. The standard InChI is InChI=1S/C12H20N2O3/c1-16-7-5-14(6-8-17-2)12-3-4-13-9-11(12)10-15/h3-4,9,15H,5-8,10H2,1-2H3. The summed E-state index contributed by atoms with van der Waals surface area (Å²) in [4.78, 5) is 6.14. The van der Waals surface area contributed by atoms with Crippen molar-refractivity contribution in [3.63, 3.8) is 0 Å². The van der Waals surface area contributed by atoms with E-state index in [9.17, 15) is 5.11 Å². The molecule has 0 radical (unpaired) electrons. The molecule has 0 atom stereocenters. The number of anilines is 1. The fraction of sp³-hybridized carbons (Fsp3) is 0.583. The fourth-order valence-corrected chi connectivity index (χ4v) is 1.61. The van der Waals surface area contributed by atoms with Gasteiger partial charge in [0.25, 0.3) is 0 Å². The molecule has 0 fully saturated rings. The predicted octanol–water partition coefficient (Wildman–Crippen LogP) is 0.673. The summed E-state index contributed by atoms with van der Waals surface area (Å²) in [5.74, 6) is 0. The van der Waals surface area contributed by atoms with Crippen molar-refractivity contribution in [2.45, 2.75) is 6.61 Å². The van der Waals surface area contributed by atoms with Gasteiger partial charge in [0, 0.05) is 51.0 Å². The zero-order chi connectivity index (χ0) is 12.5. The van der Waals surface area contributed by atoms with Gasteiger partial charge in [-0.25, -0.2) is 0 Å². The van der Waals surface area contributed by atoms with Crippen LogP contribution < -0.4 is 4.90 Å². The molecule has 0 aliphatic carbocycles. The van der Waals surface area contributed by atoms with Crippen molar-refractivity contribution in [2.24, 2.45) is 0 Å². The third-order valence-electron chi connectivity index (χ3n) is 2.52. The molecule has 0 aliphatic rings. The molecule has 0 spiro atoms. The van der Waals surface area contributed by atoms with E-state index in [2.05, 4.69) is 9.88 Å². The van der Waals surface area contributed by atoms with Crippen molar-refractivity contribution in [1.82, 2.24) is 4.98 Å². The number of aromatic nitrogens is 1. The lowest BCUT2D eigenvalue weighted by Crippen LogP contribution is -2.31. The Morgan fingerprint density at radius 2 is 1.88 bits per heavy atom. The minimum absolute atomic E-state index is 0.0142. The molecule has 1 aromatic heterocycles. The van der Waals surface area contributed by atoms with Crippen molar-refractivity contribution in [2.75, 3.05) is 45.4 Å². The van der Waals surface area contributed by atoms with E-state index in [4.69, 9.17) is 9.47 Å². The van der Waals surface area contributed by atoms with Crippen LogP contribution in [0.1, 0.15) is 5.56 Å². The smallest absolute Gasteiger partial charge is 0.0717 e. The molecule has 96 valence electrons. The summed E-state index contributed by atoms with van der Waals surface area (Å²) >= 11 is 0. The second kappa shape index (κ2) is 8.00. The van der Waals surface area contributed by atoms with Gasteiger partial charge in [-0.1, -0.05) is 0 Å². The Hall–Kier alpha value is -1.17. The first kappa shape index (κ1) is 13.9. The quantitative estimate of drug-likeness (QED) is 0.724. The Balaban J connectivity index is 2.78. The summed E-state index contributed by atoms with van der Waals surface area (Å²) < 4.78 is 10.2. The Kier molecular flexibility index (Phi) is 6.54. The van der Waals surface area contributed by atoms with Crippen molar-refractivity contribution < 1.29 is 14.6 Å². The zero-order valence-electron chi connectivity index (χ0n) is 10.4. The van der Waals surface area contributed by atoms with E-state index in [0.29, 0.717) is 13.2 Å². The van der Waals surface area contributed by atoms with Crippen LogP contribution in [-0.4, -0.2) is 50.6 Å². The number of aliphatic hydroxyl groups excluding tert-OH is 1. The van der Waals surface area contributed by atoms with E-state index in [1.807, 2.05) is 6.07 Å². The van der Waals surface area contributed by atoms with Gasteiger partial charge in [-0.2, -0.15) is 0 Å². The van der Waals surface area contributed by atoms with E-state index < -0.39 is 0 Å². The van der Waals surface area contributed by atoms with Gasteiger partial charge in [0.2, 0.25) is 0 Å². The molecule has 0 saturated carbocycles. The van der Waals surface area contributed by atoms with Crippen molar-refractivity contribution in [3.05, 3.63) is 24.0 Å². The van der Waals surface area contributed by atoms with E-state index in [0.717, 1.165) is 24.3 Å². The van der Waals surface area contributed by atoms with E-state index in [1.165, 1.54) is 0 Å². The molecule has 0 saturated heterocycles. The summed E-state index contributed by atoms with van der Waals surface area (Å²) in [6, 6.07) is 1.90. The highest BCUT2D eigenvalue weighted by atomic mass is 16.5. The Morgan fingerprint density at radius 1 is 1.24 bits per heavy atom. The highest BCUT2D eigenvalue weighted by Gasteiger charge is 2.10. The molecule has 1 aromatic rings. The monoisotopic (exact) mass is 240 g/mol. The lowest BCUT2D eigenvalue weighted by molar-refractivity contribution is 0.190. The normalized spacial score (nSPS) is 10.5. The number of pyridine rings is 1. The topological polar surface area (TPSA) is 54.8 Å². The van der Waals surface area contributed by atoms with Gasteiger partial charge in [0.05, 0.1) is 19.8 Å². The highest BCUT2D eigenvalue weighted by Crippen LogP contribution is 2.18. The summed E-state index contributed by atoms with van der Waals surface area (Å²) in [7, 11) is 3.35. The summed E-state index contributed by atoms with van der Waals surface area (Å²) in [6.45, 7) is 2.78. The first-order valence-electron chi connectivity index (χ1n) is 5.60. The lowest BCUT2D eigenvalue weighted by Gasteiger charge is -2.26. The lowest BCUT2D eigenvalue weighted by atomic mass is 10.2. The second-order valence-electron chi connectivity index (χ2n) is 3.64. The van der Waals surface area contributed by atoms with Crippen LogP contribution in [0, 0.1) is 0 Å². The highest BCUT2D eigenvalue weighted by molar-refractivity contribution is 5.51. The maximum atomic E-state index is 9.29. The summed E-state index contributed by atoms with van der Waals surface area (Å²) in [6.07, 6.45) is 3.41. The van der Waals surface area contributed by atoms with Crippen LogP contribution in [0.3, 0.4) is 0 Å². The molecule has 1 N–H and O–H groups in total. The fourth-order valence-electron chi connectivity index (χ4n) is 1.61. The Bertz CT molecular complexity index is 312. The number of methoxy groups -OCH3 is 2. The van der Waals surface area contributed by atoms with Crippen LogP contribution in [0.4, 0.5) is 5.69 Å². The molecule has 0 aliphatic heterocycles. The molecule has 17 heavy (non-hydrogen) atoms. The Morgan fingerprint density at radius 3 is 2.41 bits per heavy atom. The van der Waals surface area contributed by atoms with Crippen molar-refractivity contribution in [1.29, 1.82) is 0 Å². The third-order valence-corrected chi connectivity index (χ3v) is 2.52. The maximum absolute atomic E-state index is 9.29. The zero-order valence-corrected chi connectivity index (χ0v) is 10.4. The first-order valence-corrected chi connectivity index (χ1v) is 5.60. The number of hydrogen-bond donors (Lipinski definition) is 1. The molecule has 5 nitrogen and oxygen atoms in total. The largest absolute Gasteiger partial charge is 0.392 e. The maximum Gasteiger partial charge on any atom is 0.0717 e. The van der Waals surface area contributed by atoms with Crippen molar-refractivity contribution >= 4 is 5.69 Å². The molecule has 0 aromatic carbocycles. The molecular formula is C12H20N2O3. The molecule has 5 heteroatoms. The van der Waals surface area contributed by atoms with Gasteiger partial charge in [-0.3, -0.25) is 4.98 Å². The molecule has 0 unspecified atom stereocenters. The minimum atomic E-state index is -0.0142. The number of nitrogens with zero attached hydrogens (tertiary/aromatic N) is 2. The van der Waals surface area contributed by atoms with Gasteiger partial charge in [-0.15, -0.1) is 0 Å². The molecule has 1 rings (SSSR count). The number of rotatable bonds is 8. The number of hydrogen-bond acceptors (Lipinski definition) is 5. The SMILES string of the molecule is COCCN(CCOC)c1ccncc1CO. The van der Waals surface area contributed by atoms with Crippen LogP contribution in [0.2, 0.25) is 0 Å². The van der Waals surface area contributed by atoms with Crippen LogP contribution >= 0.6 is 0 Å². The third kappa shape index (κ3) is 4.30. The molecular weight excluding hydrogens is 220 g/mol. The number of aliphatic hydroxyl groups is 1. The molecule has 0 bridgehead atoms. The van der Waals surface area contributed by atoms with E-state index in [-0.39, 0.29) is 6.61 Å². The van der Waals surface area contributed by atoms with E-state index in [1.54, 1.807) is 26.6 Å². The van der Waals surface area contributed by atoms with Crippen LogP contribution in [-0.2, 0) is 16.1 Å². The predicted molar refractivity (Wildman–Crippen MR) is 66.1 cm³/mol. The van der Waals surface area contributed by atoms with Gasteiger partial charge < -0.3 is 19.5 Å². The Labute approximate surface area is 102 Å². The molecule has 1 heterocycles. The minimum Gasteiger partial charge on any atom is -0.392 e. The summed E-state index contributed by atoms with van der Waals surface area (Å²) in [5, 5.41) is 9.29. The van der Waals surface area contributed by atoms with Gasteiger partial charge >= 0.3 is 0 Å². The van der Waals surface area contributed by atoms with Gasteiger partial charge in [-0.05, 0) is 6.07 Å². The van der Waals surface area contributed by atoms with Gasteiger partial charge in [0.15, 0.2) is 0 Å². The summed E-state index contributed by atoms with van der Waals surface area (Å²) in [5.41, 5.74) is 1.80.